The number of halogens is 1. The van der Waals surface area contributed by atoms with Crippen LogP contribution in [0.15, 0.2) is 24.4 Å². The van der Waals surface area contributed by atoms with Gasteiger partial charge in [-0.2, -0.15) is 0 Å². The highest BCUT2D eigenvalue weighted by molar-refractivity contribution is 5.98. The fourth-order valence-electron chi connectivity index (χ4n) is 3.44. The highest BCUT2D eigenvalue weighted by Crippen LogP contribution is 2.39. The maximum Gasteiger partial charge on any atom is 0.408 e. The van der Waals surface area contributed by atoms with Crippen molar-refractivity contribution < 1.29 is 18.7 Å². The quantitative estimate of drug-likeness (QED) is 0.799. The molecule has 0 aliphatic carbocycles. The predicted molar refractivity (Wildman–Crippen MR) is 107 cm³/mol. The summed E-state index contributed by atoms with van der Waals surface area (Å²) < 4.78 is 18.9. The second-order valence-electron chi connectivity index (χ2n) is 8.16. The van der Waals surface area contributed by atoms with Crippen LogP contribution in [0.2, 0.25) is 0 Å². The molecule has 0 radical (unpaired) electrons. The first kappa shape index (κ1) is 20.8. The number of hydrogen-bond donors (Lipinski definition) is 2. The SMILES string of the molecule is CCCc1cnc(C2Cc3cc(F)ccc3N2C(=O)CNC(=O)OC(C)(C)C)[nH]1. The van der Waals surface area contributed by atoms with Crippen molar-refractivity contribution in [2.24, 2.45) is 0 Å². The minimum absolute atomic E-state index is 0.231. The number of alkyl carbamates (subject to hydrolysis) is 1. The van der Waals surface area contributed by atoms with Gasteiger partial charge in [-0.15, -0.1) is 0 Å². The Morgan fingerprint density at radius 2 is 2.14 bits per heavy atom. The largest absolute Gasteiger partial charge is 0.444 e. The zero-order valence-electron chi connectivity index (χ0n) is 17.2. The van der Waals surface area contributed by atoms with Gasteiger partial charge >= 0.3 is 6.09 Å². The number of amides is 2. The minimum atomic E-state index is -0.663. The topological polar surface area (TPSA) is 87.3 Å². The van der Waals surface area contributed by atoms with Gasteiger partial charge in [0.05, 0.1) is 6.04 Å². The summed E-state index contributed by atoms with van der Waals surface area (Å²) in [5, 5.41) is 2.50. The van der Waals surface area contributed by atoms with Crippen LogP contribution in [0.1, 0.15) is 57.2 Å². The van der Waals surface area contributed by atoms with Crippen molar-refractivity contribution in [2.45, 2.75) is 58.6 Å². The zero-order chi connectivity index (χ0) is 21.2. The van der Waals surface area contributed by atoms with E-state index < -0.39 is 11.7 Å². The van der Waals surface area contributed by atoms with Crippen molar-refractivity contribution in [1.82, 2.24) is 15.3 Å². The lowest BCUT2D eigenvalue weighted by atomic mass is 10.1. The molecule has 2 amide bonds. The van der Waals surface area contributed by atoms with Gasteiger partial charge in [0.1, 0.15) is 23.8 Å². The molecule has 0 fully saturated rings. The molecule has 2 N–H and O–H groups in total. The molecule has 2 heterocycles. The number of carbonyl (C=O) groups excluding carboxylic acids is 2. The third kappa shape index (κ3) is 4.93. The van der Waals surface area contributed by atoms with Gasteiger partial charge in [0.15, 0.2) is 0 Å². The van der Waals surface area contributed by atoms with Gasteiger partial charge in [-0.1, -0.05) is 13.3 Å². The molecule has 2 aromatic rings. The number of aromatic nitrogens is 2. The van der Waals surface area contributed by atoms with Gasteiger partial charge in [0.25, 0.3) is 0 Å². The lowest BCUT2D eigenvalue weighted by molar-refractivity contribution is -0.118. The van der Waals surface area contributed by atoms with Crippen LogP contribution in [0.4, 0.5) is 14.9 Å². The Morgan fingerprint density at radius 1 is 1.38 bits per heavy atom. The van der Waals surface area contributed by atoms with Gasteiger partial charge in [0, 0.05) is 24.0 Å². The van der Waals surface area contributed by atoms with Gasteiger partial charge < -0.3 is 15.0 Å². The van der Waals surface area contributed by atoms with E-state index in [1.807, 2.05) is 0 Å². The normalized spacial score (nSPS) is 15.9. The van der Waals surface area contributed by atoms with Gasteiger partial charge in [-0.3, -0.25) is 9.69 Å². The summed E-state index contributed by atoms with van der Waals surface area (Å²) in [7, 11) is 0. The number of anilines is 1. The van der Waals surface area contributed by atoms with Crippen molar-refractivity contribution in [3.05, 3.63) is 47.3 Å². The summed E-state index contributed by atoms with van der Waals surface area (Å²) in [4.78, 5) is 34.2. The van der Waals surface area contributed by atoms with Crippen LogP contribution in [0.3, 0.4) is 0 Å². The van der Waals surface area contributed by atoms with E-state index in [2.05, 4.69) is 22.2 Å². The molecule has 0 bridgehead atoms. The van der Waals surface area contributed by atoms with E-state index in [-0.39, 0.29) is 24.3 Å². The summed E-state index contributed by atoms with van der Waals surface area (Å²) in [5.41, 5.74) is 1.69. The van der Waals surface area contributed by atoms with Crippen LogP contribution in [0.5, 0.6) is 0 Å². The summed E-state index contributed by atoms with van der Waals surface area (Å²) in [6.45, 7) is 7.10. The standard InChI is InChI=1S/C21H27FN4O3/c1-5-6-15-11-23-19(25-15)17-10-13-9-14(22)7-8-16(13)26(17)18(27)12-24-20(28)29-21(2,3)4/h7-9,11,17H,5-6,10,12H2,1-4H3,(H,23,25)(H,24,28). The number of benzene rings is 1. The Balaban J connectivity index is 1.81. The Hall–Kier alpha value is -2.90. The van der Waals surface area contributed by atoms with Crippen molar-refractivity contribution in [2.75, 3.05) is 11.4 Å². The average molecular weight is 402 g/mol. The molecule has 29 heavy (non-hydrogen) atoms. The summed E-state index contributed by atoms with van der Waals surface area (Å²) in [6.07, 6.45) is 3.38. The van der Waals surface area contributed by atoms with Crippen LogP contribution in [0.25, 0.3) is 0 Å². The van der Waals surface area contributed by atoms with Crippen molar-refractivity contribution in [1.29, 1.82) is 0 Å². The maximum absolute atomic E-state index is 13.7. The lowest BCUT2D eigenvalue weighted by Gasteiger charge is -2.25. The minimum Gasteiger partial charge on any atom is -0.444 e. The lowest BCUT2D eigenvalue weighted by Crippen LogP contribution is -2.42. The van der Waals surface area contributed by atoms with E-state index in [0.29, 0.717) is 17.9 Å². The fourth-order valence-corrected chi connectivity index (χ4v) is 3.44. The number of H-pyrrole nitrogens is 1. The number of fused-ring (bicyclic) bond motifs is 1. The first-order chi connectivity index (χ1) is 13.7. The zero-order valence-corrected chi connectivity index (χ0v) is 17.2. The number of aryl methyl sites for hydroxylation is 1. The number of hydrogen-bond acceptors (Lipinski definition) is 4. The average Bonchev–Trinajstić information content (AvgIpc) is 3.22. The molecule has 1 atom stereocenters. The molecule has 1 unspecified atom stereocenters. The summed E-state index contributed by atoms with van der Waals surface area (Å²) in [6, 6.07) is 3.97. The van der Waals surface area contributed by atoms with Crippen molar-refractivity contribution in [3.8, 4) is 0 Å². The molecule has 7 nitrogen and oxygen atoms in total. The van der Waals surface area contributed by atoms with E-state index >= 15 is 0 Å². The molecule has 0 saturated heterocycles. The van der Waals surface area contributed by atoms with E-state index in [9.17, 15) is 14.0 Å². The van der Waals surface area contributed by atoms with Crippen LogP contribution in [-0.2, 0) is 22.4 Å². The molecule has 1 aromatic heterocycles. The smallest absolute Gasteiger partial charge is 0.408 e. The van der Waals surface area contributed by atoms with Gasteiger partial charge in [-0.05, 0) is 51.0 Å². The highest BCUT2D eigenvalue weighted by Gasteiger charge is 2.37. The molecule has 1 aromatic carbocycles. The Bertz CT molecular complexity index is 904. The molecule has 1 aliphatic rings. The number of carbonyl (C=O) groups is 2. The Morgan fingerprint density at radius 3 is 2.83 bits per heavy atom. The Kier molecular flexibility index (Phi) is 5.91. The van der Waals surface area contributed by atoms with E-state index in [1.54, 1.807) is 37.9 Å². The van der Waals surface area contributed by atoms with Gasteiger partial charge in [-0.25, -0.2) is 14.2 Å². The number of ether oxygens (including phenoxy) is 1. The first-order valence-corrected chi connectivity index (χ1v) is 9.79. The number of rotatable bonds is 5. The van der Waals surface area contributed by atoms with E-state index in [4.69, 9.17) is 4.74 Å². The van der Waals surface area contributed by atoms with Crippen LogP contribution >= 0.6 is 0 Å². The summed E-state index contributed by atoms with van der Waals surface area (Å²) >= 11 is 0. The molecule has 3 rings (SSSR count). The van der Waals surface area contributed by atoms with Crippen LogP contribution in [-0.4, -0.2) is 34.1 Å². The monoisotopic (exact) mass is 402 g/mol. The predicted octanol–water partition coefficient (Wildman–Crippen LogP) is 3.66. The maximum atomic E-state index is 13.7. The molecule has 1 aliphatic heterocycles. The van der Waals surface area contributed by atoms with Crippen LogP contribution < -0.4 is 10.2 Å². The first-order valence-electron chi connectivity index (χ1n) is 9.79. The highest BCUT2D eigenvalue weighted by atomic mass is 19.1. The third-order valence-electron chi connectivity index (χ3n) is 4.56. The Labute approximate surface area is 169 Å². The van der Waals surface area contributed by atoms with Crippen LogP contribution in [0, 0.1) is 5.82 Å². The molecule has 8 heteroatoms. The fraction of sp³-hybridized carbons (Fsp3) is 0.476. The van der Waals surface area contributed by atoms with Crippen molar-refractivity contribution in [3.63, 3.8) is 0 Å². The number of imidazole rings is 1. The molecule has 0 spiro atoms. The van der Waals surface area contributed by atoms with E-state index in [0.717, 1.165) is 24.1 Å². The summed E-state index contributed by atoms with van der Waals surface area (Å²) in [5.74, 6) is -0.0230. The second kappa shape index (κ2) is 8.23. The molecule has 0 saturated carbocycles. The molecule has 156 valence electrons. The number of nitrogens with one attached hydrogen (secondary N) is 2. The van der Waals surface area contributed by atoms with E-state index in [1.165, 1.54) is 12.1 Å². The molecular formula is C21H27FN4O3. The second-order valence-corrected chi connectivity index (χ2v) is 8.16. The van der Waals surface area contributed by atoms with Gasteiger partial charge in [0.2, 0.25) is 5.91 Å². The molecular weight excluding hydrogens is 375 g/mol. The number of nitrogens with zero attached hydrogens (tertiary/aromatic N) is 2. The number of aromatic amines is 1. The van der Waals surface area contributed by atoms with Crippen molar-refractivity contribution >= 4 is 17.7 Å². The third-order valence-corrected chi connectivity index (χ3v) is 4.56.